The second kappa shape index (κ2) is 9.02. The van der Waals surface area contributed by atoms with Crippen molar-refractivity contribution in [3.05, 3.63) is 0 Å². The molecule has 0 rings (SSSR count). The van der Waals surface area contributed by atoms with Crippen LogP contribution in [0.5, 0.6) is 0 Å². The van der Waals surface area contributed by atoms with Crippen molar-refractivity contribution in [1.82, 2.24) is 0 Å². The van der Waals surface area contributed by atoms with E-state index in [2.05, 4.69) is 4.74 Å². The Morgan fingerprint density at radius 2 is 2.13 bits per heavy atom. The molecule has 4 nitrogen and oxygen atoms in total. The number of carbonyl (C=O) groups excluding carboxylic acids is 1. The molecule has 82 valence electrons. The van der Waals surface area contributed by atoms with E-state index >= 15 is 0 Å². The highest BCUT2D eigenvalue weighted by Crippen LogP contribution is 2.11. The van der Waals surface area contributed by atoms with Gasteiger partial charge in [-0.05, 0) is 25.7 Å². The zero-order valence-corrected chi connectivity index (χ0v) is 9.03. The minimum absolute atomic E-state index is 0.0289. The summed E-state index contributed by atoms with van der Waals surface area (Å²) in [5.74, 6) is -0.451. The molecule has 0 aromatic heterocycles. The van der Waals surface area contributed by atoms with Crippen molar-refractivity contribution in [2.45, 2.75) is 39.0 Å². The number of rotatable bonds is 8. The number of unbranched alkanes of at least 4 members (excludes halogenated alkanes) is 1. The van der Waals surface area contributed by atoms with E-state index in [1.54, 1.807) is 6.26 Å². The number of ether oxygens (including phenoxy) is 1. The SMILES string of the molecule is CCCC(=O)C(C#N)CCCCOC#N. The molecular weight excluding hydrogens is 192 g/mol. The molecule has 0 radical (unpaired) electrons. The topological polar surface area (TPSA) is 73.9 Å². The third-order valence-electron chi connectivity index (χ3n) is 2.09. The lowest BCUT2D eigenvalue weighted by molar-refractivity contribution is -0.121. The highest BCUT2D eigenvalue weighted by molar-refractivity contribution is 5.83. The molecule has 0 bridgehead atoms. The number of carbonyl (C=O) groups is 1. The lowest BCUT2D eigenvalue weighted by atomic mass is 9.96. The number of hydrogen-bond donors (Lipinski definition) is 0. The molecule has 1 unspecified atom stereocenters. The van der Waals surface area contributed by atoms with Crippen LogP contribution in [0.1, 0.15) is 39.0 Å². The zero-order valence-electron chi connectivity index (χ0n) is 9.03. The van der Waals surface area contributed by atoms with Gasteiger partial charge in [0, 0.05) is 6.42 Å². The van der Waals surface area contributed by atoms with Crippen molar-refractivity contribution in [3.63, 3.8) is 0 Å². The average Bonchev–Trinajstić information content (AvgIpc) is 2.23. The smallest absolute Gasteiger partial charge is 0.286 e. The van der Waals surface area contributed by atoms with Crippen molar-refractivity contribution in [3.8, 4) is 12.3 Å². The third-order valence-corrected chi connectivity index (χ3v) is 2.09. The van der Waals surface area contributed by atoms with Gasteiger partial charge in [-0.1, -0.05) is 6.92 Å². The summed E-state index contributed by atoms with van der Waals surface area (Å²) in [7, 11) is 0. The Balaban J connectivity index is 3.68. The summed E-state index contributed by atoms with van der Waals surface area (Å²) in [5.41, 5.74) is 0. The summed E-state index contributed by atoms with van der Waals surface area (Å²) < 4.78 is 4.49. The first-order chi connectivity index (χ1) is 7.26. The van der Waals surface area contributed by atoms with E-state index in [-0.39, 0.29) is 5.78 Å². The lowest BCUT2D eigenvalue weighted by Crippen LogP contribution is -2.12. The second-order valence-corrected chi connectivity index (χ2v) is 3.33. The molecule has 0 N–H and O–H groups in total. The van der Waals surface area contributed by atoms with Crippen molar-refractivity contribution >= 4 is 5.78 Å². The van der Waals surface area contributed by atoms with Crippen molar-refractivity contribution in [2.75, 3.05) is 6.61 Å². The largest absolute Gasteiger partial charge is 0.428 e. The molecule has 0 aliphatic carbocycles. The van der Waals surface area contributed by atoms with Crippen molar-refractivity contribution < 1.29 is 9.53 Å². The zero-order chi connectivity index (χ0) is 11.5. The summed E-state index contributed by atoms with van der Waals surface area (Å²) in [6.07, 6.45) is 4.88. The fourth-order valence-corrected chi connectivity index (χ4v) is 1.29. The summed E-state index contributed by atoms with van der Waals surface area (Å²) in [6, 6.07) is 2.02. The summed E-state index contributed by atoms with van der Waals surface area (Å²) in [4.78, 5) is 11.4. The van der Waals surface area contributed by atoms with Gasteiger partial charge in [0.15, 0.2) is 0 Å². The van der Waals surface area contributed by atoms with Crippen LogP contribution >= 0.6 is 0 Å². The van der Waals surface area contributed by atoms with Crippen LogP contribution in [0, 0.1) is 28.8 Å². The van der Waals surface area contributed by atoms with Crippen LogP contribution in [0.4, 0.5) is 0 Å². The predicted molar refractivity (Wildman–Crippen MR) is 54.4 cm³/mol. The molecule has 0 amide bonds. The molecule has 0 aliphatic rings. The molecule has 0 spiro atoms. The first kappa shape index (κ1) is 13.4. The maximum atomic E-state index is 11.4. The summed E-state index contributed by atoms with van der Waals surface area (Å²) in [5, 5.41) is 16.9. The van der Waals surface area contributed by atoms with Crippen molar-refractivity contribution in [2.24, 2.45) is 5.92 Å². The Morgan fingerprint density at radius 1 is 1.40 bits per heavy atom. The van der Waals surface area contributed by atoms with Gasteiger partial charge < -0.3 is 4.74 Å². The minimum atomic E-state index is -0.480. The van der Waals surface area contributed by atoms with Gasteiger partial charge in [-0.3, -0.25) is 4.79 Å². The van der Waals surface area contributed by atoms with Crippen molar-refractivity contribution in [1.29, 1.82) is 10.5 Å². The quantitative estimate of drug-likeness (QED) is 0.452. The van der Waals surface area contributed by atoms with E-state index in [1.165, 1.54) is 0 Å². The van der Waals surface area contributed by atoms with E-state index in [1.807, 2.05) is 13.0 Å². The Morgan fingerprint density at radius 3 is 2.67 bits per heavy atom. The lowest BCUT2D eigenvalue weighted by Gasteiger charge is -2.06. The maximum Gasteiger partial charge on any atom is 0.286 e. The van der Waals surface area contributed by atoms with Crippen LogP contribution in [0.2, 0.25) is 0 Å². The van der Waals surface area contributed by atoms with Crippen LogP contribution in [0.3, 0.4) is 0 Å². The second-order valence-electron chi connectivity index (χ2n) is 3.33. The number of nitriles is 2. The summed E-state index contributed by atoms with van der Waals surface area (Å²) in [6.45, 7) is 2.30. The first-order valence-electron chi connectivity index (χ1n) is 5.19. The average molecular weight is 208 g/mol. The molecule has 0 aromatic rings. The fourth-order valence-electron chi connectivity index (χ4n) is 1.29. The van der Waals surface area contributed by atoms with E-state index in [0.29, 0.717) is 25.9 Å². The minimum Gasteiger partial charge on any atom is -0.428 e. The van der Waals surface area contributed by atoms with Crippen LogP contribution in [-0.2, 0) is 9.53 Å². The van der Waals surface area contributed by atoms with Crippen LogP contribution in [0.15, 0.2) is 0 Å². The Bertz CT molecular complexity index is 263. The van der Waals surface area contributed by atoms with Gasteiger partial charge in [0.1, 0.15) is 18.3 Å². The van der Waals surface area contributed by atoms with Gasteiger partial charge in [0.25, 0.3) is 6.26 Å². The monoisotopic (exact) mass is 208 g/mol. The van der Waals surface area contributed by atoms with Crippen LogP contribution in [-0.4, -0.2) is 12.4 Å². The number of Topliss-reactive ketones (excluding diaryl/α,β-unsaturated/α-hetero) is 1. The molecule has 0 saturated heterocycles. The fraction of sp³-hybridized carbons (Fsp3) is 0.727. The number of nitrogens with zero attached hydrogens (tertiary/aromatic N) is 2. The molecule has 0 heterocycles. The van der Waals surface area contributed by atoms with E-state index in [9.17, 15) is 4.79 Å². The Labute approximate surface area is 90.4 Å². The normalized spacial score (nSPS) is 11.1. The molecule has 1 atom stereocenters. The third kappa shape index (κ3) is 6.51. The van der Waals surface area contributed by atoms with Crippen LogP contribution < -0.4 is 0 Å². The first-order valence-corrected chi connectivity index (χ1v) is 5.19. The molecule has 0 fully saturated rings. The standard InChI is InChI=1S/C11H16N2O2/c1-2-5-11(14)10(8-12)6-3-4-7-15-9-13/h10H,2-7H2,1H3. The van der Waals surface area contributed by atoms with Gasteiger partial charge in [-0.25, -0.2) is 0 Å². The van der Waals surface area contributed by atoms with Gasteiger partial charge in [0.2, 0.25) is 0 Å². The molecule has 0 aliphatic heterocycles. The highest BCUT2D eigenvalue weighted by atomic mass is 16.5. The van der Waals surface area contributed by atoms with Gasteiger partial charge in [-0.15, -0.1) is 0 Å². The Kier molecular flexibility index (Phi) is 8.09. The molecule has 0 aromatic carbocycles. The van der Waals surface area contributed by atoms with Gasteiger partial charge >= 0.3 is 0 Å². The number of hydrogen-bond acceptors (Lipinski definition) is 4. The van der Waals surface area contributed by atoms with Crippen LogP contribution in [0.25, 0.3) is 0 Å². The Hall–Kier alpha value is -1.55. The van der Waals surface area contributed by atoms with E-state index < -0.39 is 5.92 Å². The van der Waals surface area contributed by atoms with Gasteiger partial charge in [-0.2, -0.15) is 10.5 Å². The summed E-state index contributed by atoms with van der Waals surface area (Å²) >= 11 is 0. The molecule has 15 heavy (non-hydrogen) atoms. The molecular formula is C11H16N2O2. The highest BCUT2D eigenvalue weighted by Gasteiger charge is 2.15. The number of ketones is 1. The molecule has 0 saturated carbocycles. The maximum absolute atomic E-state index is 11.4. The van der Waals surface area contributed by atoms with E-state index in [0.717, 1.165) is 12.8 Å². The van der Waals surface area contributed by atoms with Gasteiger partial charge in [0.05, 0.1) is 6.07 Å². The predicted octanol–water partition coefficient (Wildman–Crippen LogP) is 2.16. The molecule has 4 heteroatoms. The van der Waals surface area contributed by atoms with E-state index in [4.69, 9.17) is 10.5 Å².